The van der Waals surface area contributed by atoms with Crippen molar-refractivity contribution in [3.05, 3.63) is 46.9 Å². The Morgan fingerprint density at radius 3 is 1.84 bits per heavy atom. The molecular weight excluding hydrogens is 442 g/mol. The molecule has 2 heteroatoms. The van der Waals surface area contributed by atoms with Crippen LogP contribution < -0.4 is 0 Å². The molecule has 0 aliphatic rings. The predicted octanol–water partition coefficient (Wildman–Crippen LogP) is 10.6. The van der Waals surface area contributed by atoms with Crippen LogP contribution in [-0.2, 0) is 0 Å². The standard InChI is InChI=1S/C29H42BrN/c1-3-5-7-9-11-13-18-24(19-14-12-10-8-6-4-2)31-28-23-16-15-20-25(28)26-21-17-22-27(30)29(26)31/h15-17,20-24H,3-14,18-19H2,1-2H3. The number of aromatic nitrogens is 1. The fourth-order valence-corrected chi connectivity index (χ4v) is 5.67. The lowest BCUT2D eigenvalue weighted by Crippen LogP contribution is -2.09. The lowest BCUT2D eigenvalue weighted by atomic mass is 9.99. The van der Waals surface area contributed by atoms with Crippen molar-refractivity contribution in [3.8, 4) is 0 Å². The van der Waals surface area contributed by atoms with E-state index in [1.54, 1.807) is 0 Å². The van der Waals surface area contributed by atoms with Crippen molar-refractivity contribution < 1.29 is 0 Å². The van der Waals surface area contributed by atoms with E-state index >= 15 is 0 Å². The van der Waals surface area contributed by atoms with Crippen LogP contribution in [0, 0.1) is 0 Å². The maximum absolute atomic E-state index is 3.89. The zero-order valence-corrected chi connectivity index (χ0v) is 21.4. The van der Waals surface area contributed by atoms with Crippen LogP contribution in [0.25, 0.3) is 21.8 Å². The van der Waals surface area contributed by atoms with Gasteiger partial charge in [0.1, 0.15) is 0 Å². The second kappa shape index (κ2) is 13.3. The monoisotopic (exact) mass is 483 g/mol. The van der Waals surface area contributed by atoms with Crippen LogP contribution in [-0.4, -0.2) is 4.57 Å². The molecule has 0 aliphatic heterocycles. The smallest absolute Gasteiger partial charge is 0.0638 e. The second-order valence-electron chi connectivity index (χ2n) is 9.29. The summed E-state index contributed by atoms with van der Waals surface area (Å²) in [5.41, 5.74) is 2.80. The quantitative estimate of drug-likeness (QED) is 0.189. The van der Waals surface area contributed by atoms with E-state index in [2.05, 4.69) is 76.8 Å². The van der Waals surface area contributed by atoms with Crippen molar-refractivity contribution >= 4 is 37.7 Å². The van der Waals surface area contributed by atoms with Gasteiger partial charge in [0.05, 0.1) is 5.52 Å². The molecule has 0 unspecified atom stereocenters. The van der Waals surface area contributed by atoms with Crippen LogP contribution in [0.5, 0.6) is 0 Å². The first-order valence-electron chi connectivity index (χ1n) is 12.9. The van der Waals surface area contributed by atoms with E-state index in [1.807, 2.05) is 0 Å². The summed E-state index contributed by atoms with van der Waals surface area (Å²) < 4.78 is 3.92. The molecule has 1 aromatic heterocycles. The normalized spacial score (nSPS) is 11.9. The van der Waals surface area contributed by atoms with E-state index in [9.17, 15) is 0 Å². The topological polar surface area (TPSA) is 4.93 Å². The number of hydrogen-bond donors (Lipinski definition) is 0. The van der Waals surface area contributed by atoms with Gasteiger partial charge in [-0.05, 0) is 40.9 Å². The van der Waals surface area contributed by atoms with Gasteiger partial charge in [-0.3, -0.25) is 0 Å². The highest BCUT2D eigenvalue weighted by atomic mass is 79.9. The van der Waals surface area contributed by atoms with Crippen LogP contribution >= 0.6 is 15.9 Å². The third-order valence-electron chi connectivity index (χ3n) is 6.83. The largest absolute Gasteiger partial charge is 0.336 e. The summed E-state index contributed by atoms with van der Waals surface area (Å²) in [7, 11) is 0. The summed E-state index contributed by atoms with van der Waals surface area (Å²) in [4.78, 5) is 0. The average Bonchev–Trinajstić information content (AvgIpc) is 3.13. The molecule has 3 rings (SSSR count). The van der Waals surface area contributed by atoms with Crippen molar-refractivity contribution in [2.75, 3.05) is 0 Å². The number of rotatable bonds is 15. The first-order valence-corrected chi connectivity index (χ1v) is 13.7. The van der Waals surface area contributed by atoms with Gasteiger partial charge < -0.3 is 4.57 Å². The molecule has 1 nitrogen and oxygen atoms in total. The van der Waals surface area contributed by atoms with Crippen molar-refractivity contribution in [2.24, 2.45) is 0 Å². The van der Waals surface area contributed by atoms with E-state index in [0.717, 1.165) is 0 Å². The fraction of sp³-hybridized carbons (Fsp3) is 0.586. The van der Waals surface area contributed by atoms with Crippen LogP contribution in [0.4, 0.5) is 0 Å². The second-order valence-corrected chi connectivity index (χ2v) is 10.1. The third kappa shape index (κ3) is 6.60. The van der Waals surface area contributed by atoms with Gasteiger partial charge in [0.25, 0.3) is 0 Å². The molecule has 3 aromatic rings. The third-order valence-corrected chi connectivity index (χ3v) is 7.47. The maximum atomic E-state index is 3.89. The van der Waals surface area contributed by atoms with Gasteiger partial charge in [0, 0.05) is 26.8 Å². The molecule has 0 aliphatic carbocycles. The Morgan fingerprint density at radius 2 is 1.19 bits per heavy atom. The molecule has 0 spiro atoms. The number of para-hydroxylation sites is 2. The highest BCUT2D eigenvalue weighted by Gasteiger charge is 2.19. The van der Waals surface area contributed by atoms with E-state index < -0.39 is 0 Å². The molecule has 0 saturated heterocycles. The number of hydrogen-bond acceptors (Lipinski definition) is 0. The van der Waals surface area contributed by atoms with Crippen molar-refractivity contribution in [1.29, 1.82) is 0 Å². The van der Waals surface area contributed by atoms with Gasteiger partial charge in [0.15, 0.2) is 0 Å². The van der Waals surface area contributed by atoms with Crippen LogP contribution in [0.1, 0.15) is 110 Å². The summed E-state index contributed by atoms with van der Waals surface area (Å²) in [6, 6.07) is 16.3. The zero-order valence-electron chi connectivity index (χ0n) is 19.8. The van der Waals surface area contributed by atoms with E-state index in [1.165, 1.54) is 116 Å². The van der Waals surface area contributed by atoms with E-state index in [4.69, 9.17) is 0 Å². The van der Waals surface area contributed by atoms with Crippen molar-refractivity contribution in [3.63, 3.8) is 0 Å². The summed E-state index contributed by atoms with van der Waals surface area (Å²) in [5.74, 6) is 0. The van der Waals surface area contributed by atoms with Gasteiger partial charge in [-0.2, -0.15) is 0 Å². The van der Waals surface area contributed by atoms with Crippen molar-refractivity contribution in [1.82, 2.24) is 4.57 Å². The maximum Gasteiger partial charge on any atom is 0.0638 e. The predicted molar refractivity (Wildman–Crippen MR) is 142 cm³/mol. The minimum Gasteiger partial charge on any atom is -0.336 e. The Kier molecular flexibility index (Phi) is 10.5. The lowest BCUT2D eigenvalue weighted by Gasteiger charge is -2.22. The van der Waals surface area contributed by atoms with Crippen LogP contribution in [0.3, 0.4) is 0 Å². The van der Waals surface area contributed by atoms with Gasteiger partial charge in [0.2, 0.25) is 0 Å². The molecule has 1 heterocycles. The Bertz CT molecular complexity index is 894. The number of halogens is 1. The lowest BCUT2D eigenvalue weighted by molar-refractivity contribution is 0.410. The Balaban J connectivity index is 1.80. The molecule has 0 N–H and O–H groups in total. The SMILES string of the molecule is CCCCCCCCC(CCCCCCCC)n1c2ccccc2c2cccc(Br)c21. The van der Waals surface area contributed by atoms with Gasteiger partial charge in [-0.15, -0.1) is 0 Å². The molecule has 170 valence electrons. The fourth-order valence-electron chi connectivity index (χ4n) is 5.11. The van der Waals surface area contributed by atoms with Crippen LogP contribution in [0.2, 0.25) is 0 Å². The molecule has 0 atom stereocenters. The molecule has 0 bridgehead atoms. The van der Waals surface area contributed by atoms with E-state index in [-0.39, 0.29) is 0 Å². The summed E-state index contributed by atoms with van der Waals surface area (Å²) in [5, 5.41) is 2.79. The summed E-state index contributed by atoms with van der Waals surface area (Å²) in [6.45, 7) is 4.60. The van der Waals surface area contributed by atoms with Crippen LogP contribution in [0.15, 0.2) is 46.9 Å². The molecule has 31 heavy (non-hydrogen) atoms. The number of unbranched alkanes of at least 4 members (excludes halogenated alkanes) is 10. The summed E-state index contributed by atoms with van der Waals surface area (Å²) in [6.07, 6.45) is 19.1. The number of fused-ring (bicyclic) bond motifs is 3. The minimum absolute atomic E-state index is 0.596. The highest BCUT2D eigenvalue weighted by molar-refractivity contribution is 9.10. The Hall–Kier alpha value is -1.28. The van der Waals surface area contributed by atoms with E-state index in [0.29, 0.717) is 6.04 Å². The first-order chi connectivity index (χ1) is 15.3. The zero-order chi connectivity index (χ0) is 21.9. The molecule has 0 radical (unpaired) electrons. The molecule has 0 fully saturated rings. The van der Waals surface area contributed by atoms with Gasteiger partial charge in [-0.25, -0.2) is 0 Å². The first kappa shape index (κ1) is 24.4. The average molecular weight is 485 g/mol. The Morgan fingerprint density at radius 1 is 0.645 bits per heavy atom. The van der Waals surface area contributed by atoms with Crippen molar-refractivity contribution in [2.45, 2.75) is 110 Å². The summed E-state index contributed by atoms with van der Waals surface area (Å²) >= 11 is 3.89. The van der Waals surface area contributed by atoms with Gasteiger partial charge in [-0.1, -0.05) is 121 Å². The van der Waals surface area contributed by atoms with Gasteiger partial charge >= 0.3 is 0 Å². The highest BCUT2D eigenvalue weighted by Crippen LogP contribution is 2.38. The molecule has 0 saturated carbocycles. The Labute approximate surface area is 198 Å². The number of benzene rings is 2. The molecular formula is C29H42BrN. The molecule has 0 amide bonds. The number of nitrogens with zero attached hydrogens (tertiary/aromatic N) is 1. The minimum atomic E-state index is 0.596. The molecule has 2 aromatic carbocycles.